The smallest absolute Gasteiger partial charge is 0.258 e. The van der Waals surface area contributed by atoms with Crippen LogP contribution >= 0.6 is 0 Å². The zero-order chi connectivity index (χ0) is 26.7. The molecule has 0 aliphatic carbocycles. The zero-order valence-electron chi connectivity index (χ0n) is 23.6. The number of nitrogens with one attached hydrogen (secondary N) is 1. The van der Waals surface area contributed by atoms with Crippen molar-refractivity contribution in [2.45, 2.75) is 104 Å². The summed E-state index contributed by atoms with van der Waals surface area (Å²) in [6, 6.07) is 8.43. The first kappa shape index (κ1) is 33.9. The fraction of sp³-hybridized carbons (Fsp3) is 0.581. The molecular weight excluding hydrogens is 591 g/mol. The molecular formula is C31H47IN2O4. The van der Waals surface area contributed by atoms with Crippen molar-refractivity contribution in [2.24, 2.45) is 0 Å². The van der Waals surface area contributed by atoms with E-state index in [-0.39, 0.29) is 24.0 Å². The largest absolute Gasteiger partial charge is 1.00 e. The second kappa shape index (κ2) is 20.8. The van der Waals surface area contributed by atoms with Crippen LogP contribution in [0.25, 0.3) is 0 Å². The first-order chi connectivity index (χ1) is 18.1. The molecule has 2 aromatic rings. The van der Waals surface area contributed by atoms with E-state index in [4.69, 9.17) is 9.47 Å². The molecule has 38 heavy (non-hydrogen) atoms. The summed E-state index contributed by atoms with van der Waals surface area (Å²) in [5, 5.41) is 2.45. The number of aryl methyl sites for hydroxylation is 1. The molecule has 1 aromatic heterocycles. The minimum absolute atomic E-state index is 0. The molecule has 1 N–H and O–H groups in total. The number of hydrogen-bond acceptors (Lipinski definition) is 4. The number of imide groups is 1. The normalized spacial score (nSPS) is 10.5. The highest BCUT2D eigenvalue weighted by Gasteiger charge is 2.16. The van der Waals surface area contributed by atoms with E-state index in [1.165, 1.54) is 64.2 Å². The quantitative estimate of drug-likeness (QED) is 0.109. The van der Waals surface area contributed by atoms with Crippen molar-refractivity contribution in [3.8, 4) is 11.5 Å². The van der Waals surface area contributed by atoms with Gasteiger partial charge in [-0.15, -0.1) is 0 Å². The Balaban J connectivity index is 0.00000722. The van der Waals surface area contributed by atoms with E-state index >= 15 is 0 Å². The molecule has 1 aromatic carbocycles. The lowest BCUT2D eigenvalue weighted by Gasteiger charge is -2.12. The summed E-state index contributed by atoms with van der Waals surface area (Å²) in [7, 11) is 1.55. The summed E-state index contributed by atoms with van der Waals surface area (Å²) in [5.41, 5.74) is 0.787. The first-order valence-electron chi connectivity index (χ1n) is 14.2. The van der Waals surface area contributed by atoms with E-state index in [0.29, 0.717) is 29.2 Å². The van der Waals surface area contributed by atoms with E-state index in [1.54, 1.807) is 37.4 Å². The van der Waals surface area contributed by atoms with E-state index in [9.17, 15) is 9.59 Å². The van der Waals surface area contributed by atoms with Gasteiger partial charge in [-0.05, 0) is 24.6 Å². The molecule has 7 heteroatoms. The van der Waals surface area contributed by atoms with Crippen LogP contribution in [0.15, 0.2) is 42.7 Å². The minimum atomic E-state index is -0.471. The Labute approximate surface area is 246 Å². The number of rotatable bonds is 19. The Hall–Kier alpha value is -2.16. The fourth-order valence-corrected chi connectivity index (χ4v) is 4.32. The van der Waals surface area contributed by atoms with E-state index < -0.39 is 11.8 Å². The molecule has 0 radical (unpaired) electrons. The molecule has 2 rings (SSSR count). The van der Waals surface area contributed by atoms with Crippen LogP contribution in [-0.2, 0) is 6.54 Å². The number of carbonyl (C=O) groups is 2. The SMILES string of the molecule is CCCCCCCCCCCCCCOc1ccc(C(=O)NC(=O)c2cc[n+](CCC)cc2)cc1OC.[I-]. The van der Waals surface area contributed by atoms with Gasteiger partial charge in [0.25, 0.3) is 11.8 Å². The van der Waals surface area contributed by atoms with Gasteiger partial charge in [-0.3, -0.25) is 14.9 Å². The summed E-state index contributed by atoms with van der Waals surface area (Å²) in [6.07, 6.45) is 20.3. The predicted octanol–water partition coefficient (Wildman–Crippen LogP) is 4.05. The highest BCUT2D eigenvalue weighted by Crippen LogP contribution is 2.28. The maximum Gasteiger partial charge on any atom is 0.258 e. The Kier molecular flexibility index (Phi) is 18.5. The number of nitrogens with zero attached hydrogens (tertiary/aromatic N) is 1. The maximum atomic E-state index is 12.6. The maximum absolute atomic E-state index is 12.6. The number of ether oxygens (including phenoxy) is 2. The molecule has 0 unspecified atom stereocenters. The van der Waals surface area contributed by atoms with Gasteiger partial charge in [0.2, 0.25) is 0 Å². The van der Waals surface area contributed by atoms with Crippen LogP contribution in [-0.4, -0.2) is 25.5 Å². The summed E-state index contributed by atoms with van der Waals surface area (Å²) < 4.78 is 13.3. The van der Waals surface area contributed by atoms with Gasteiger partial charge in [0, 0.05) is 24.1 Å². The van der Waals surface area contributed by atoms with Crippen LogP contribution in [0.5, 0.6) is 11.5 Å². The molecule has 0 bridgehead atoms. The van der Waals surface area contributed by atoms with Gasteiger partial charge in [-0.1, -0.05) is 84.5 Å². The topological polar surface area (TPSA) is 68.5 Å². The molecule has 0 fully saturated rings. The lowest BCUT2D eigenvalue weighted by Crippen LogP contribution is -3.00. The summed E-state index contributed by atoms with van der Waals surface area (Å²) in [5.74, 6) is 0.192. The van der Waals surface area contributed by atoms with Crippen LogP contribution < -0.4 is 43.3 Å². The average Bonchev–Trinajstić information content (AvgIpc) is 2.91. The molecule has 0 atom stereocenters. The number of aromatic nitrogens is 1. The number of amides is 2. The van der Waals surface area contributed by atoms with Crippen molar-refractivity contribution in [2.75, 3.05) is 13.7 Å². The van der Waals surface area contributed by atoms with Crippen molar-refractivity contribution in [3.63, 3.8) is 0 Å². The van der Waals surface area contributed by atoms with E-state index in [2.05, 4.69) is 19.2 Å². The zero-order valence-corrected chi connectivity index (χ0v) is 25.8. The highest BCUT2D eigenvalue weighted by molar-refractivity contribution is 6.10. The molecule has 2 amide bonds. The second-order valence-corrected chi connectivity index (χ2v) is 9.71. The summed E-state index contributed by atoms with van der Waals surface area (Å²) >= 11 is 0. The number of benzene rings is 1. The fourth-order valence-electron chi connectivity index (χ4n) is 4.32. The molecule has 0 aliphatic rings. The van der Waals surface area contributed by atoms with Crippen LogP contribution in [0, 0.1) is 0 Å². The van der Waals surface area contributed by atoms with Crippen LogP contribution in [0.1, 0.15) is 118 Å². The third-order valence-electron chi connectivity index (χ3n) is 6.54. The molecule has 212 valence electrons. The van der Waals surface area contributed by atoms with Crippen LogP contribution in [0.3, 0.4) is 0 Å². The van der Waals surface area contributed by atoms with E-state index in [1.807, 2.05) is 17.0 Å². The van der Waals surface area contributed by atoms with Gasteiger partial charge in [0.15, 0.2) is 23.9 Å². The van der Waals surface area contributed by atoms with Gasteiger partial charge in [-0.25, -0.2) is 4.57 Å². The van der Waals surface area contributed by atoms with Crippen molar-refractivity contribution < 1.29 is 47.6 Å². The molecule has 0 aliphatic heterocycles. The van der Waals surface area contributed by atoms with Gasteiger partial charge < -0.3 is 33.5 Å². The molecule has 0 saturated carbocycles. The van der Waals surface area contributed by atoms with Crippen LogP contribution in [0.2, 0.25) is 0 Å². The van der Waals surface area contributed by atoms with Gasteiger partial charge in [0.05, 0.1) is 19.3 Å². The number of halogens is 1. The summed E-state index contributed by atoms with van der Waals surface area (Å²) in [6.45, 7) is 5.85. The van der Waals surface area contributed by atoms with Gasteiger partial charge >= 0.3 is 0 Å². The monoisotopic (exact) mass is 638 g/mol. The Morgan fingerprint density at radius 2 is 1.26 bits per heavy atom. The molecule has 1 heterocycles. The third kappa shape index (κ3) is 13.1. The average molecular weight is 639 g/mol. The highest BCUT2D eigenvalue weighted by atomic mass is 127. The van der Waals surface area contributed by atoms with Crippen molar-refractivity contribution in [1.82, 2.24) is 5.32 Å². The molecule has 0 spiro atoms. The van der Waals surface area contributed by atoms with Gasteiger partial charge in [0.1, 0.15) is 6.54 Å². The summed E-state index contributed by atoms with van der Waals surface area (Å²) in [4.78, 5) is 25.1. The standard InChI is InChI=1S/C31H46N2O4.HI/c1-4-6-7-8-9-10-11-12-13-14-15-16-24-37-28-18-17-27(25-29(28)36-3)31(35)32-30(34)26-19-22-33(21-5-2)23-20-26;/h17-20,22-23,25H,4-16,21,24H2,1-3H3;1H. The van der Waals surface area contributed by atoms with Crippen molar-refractivity contribution >= 4 is 11.8 Å². The lowest BCUT2D eigenvalue weighted by molar-refractivity contribution is -0.697. The Bertz CT molecular complexity index is 934. The number of hydrogen-bond donors (Lipinski definition) is 1. The number of unbranched alkanes of at least 4 members (excludes halogenated alkanes) is 11. The Morgan fingerprint density at radius 1 is 0.711 bits per heavy atom. The lowest BCUT2D eigenvalue weighted by atomic mass is 10.1. The predicted molar refractivity (Wildman–Crippen MR) is 148 cm³/mol. The Morgan fingerprint density at radius 3 is 1.82 bits per heavy atom. The first-order valence-corrected chi connectivity index (χ1v) is 14.2. The third-order valence-corrected chi connectivity index (χ3v) is 6.54. The number of pyridine rings is 1. The second-order valence-electron chi connectivity index (χ2n) is 9.71. The molecule has 0 saturated heterocycles. The minimum Gasteiger partial charge on any atom is -1.00 e. The van der Waals surface area contributed by atoms with E-state index in [0.717, 1.165) is 25.8 Å². The molecule has 6 nitrogen and oxygen atoms in total. The van der Waals surface area contributed by atoms with Gasteiger partial charge in [-0.2, -0.15) is 0 Å². The van der Waals surface area contributed by atoms with Crippen LogP contribution in [0.4, 0.5) is 0 Å². The van der Waals surface area contributed by atoms with Crippen molar-refractivity contribution in [3.05, 3.63) is 53.9 Å². The van der Waals surface area contributed by atoms with Crippen molar-refractivity contribution in [1.29, 1.82) is 0 Å². The number of methoxy groups -OCH3 is 1. The number of carbonyl (C=O) groups excluding carboxylic acids is 2.